The molecular formula is C15H16N2O2. The van der Waals surface area contributed by atoms with E-state index in [1.807, 2.05) is 31.2 Å². The Hall–Kier alpha value is -2.36. The van der Waals surface area contributed by atoms with Gasteiger partial charge in [0.1, 0.15) is 0 Å². The summed E-state index contributed by atoms with van der Waals surface area (Å²) in [6, 6.07) is 11.3. The molecule has 2 aromatic rings. The Morgan fingerprint density at radius 3 is 2.89 bits per heavy atom. The van der Waals surface area contributed by atoms with Crippen LogP contribution < -0.4 is 10.1 Å². The van der Waals surface area contributed by atoms with Crippen LogP contribution in [0.1, 0.15) is 21.5 Å². The molecule has 0 saturated carbocycles. The first-order valence-electron chi connectivity index (χ1n) is 6.03. The van der Waals surface area contributed by atoms with E-state index in [0.717, 1.165) is 5.56 Å². The van der Waals surface area contributed by atoms with Gasteiger partial charge in [0, 0.05) is 24.4 Å². The molecule has 0 atom stereocenters. The lowest BCUT2D eigenvalue weighted by Gasteiger charge is -2.07. The number of methoxy groups -OCH3 is 1. The summed E-state index contributed by atoms with van der Waals surface area (Å²) in [5.74, 6) is 0.297. The molecular weight excluding hydrogens is 240 g/mol. The number of amides is 1. The molecule has 1 N–H and O–H groups in total. The van der Waals surface area contributed by atoms with E-state index in [-0.39, 0.29) is 5.91 Å². The summed E-state index contributed by atoms with van der Waals surface area (Å²) in [6.07, 6.45) is 1.56. The molecule has 0 bridgehead atoms. The summed E-state index contributed by atoms with van der Waals surface area (Å²) in [7, 11) is 1.52. The van der Waals surface area contributed by atoms with Gasteiger partial charge in [0.15, 0.2) is 0 Å². The Kier molecular flexibility index (Phi) is 4.13. The fraction of sp³-hybridized carbons (Fsp3) is 0.200. The van der Waals surface area contributed by atoms with E-state index in [1.165, 1.54) is 12.7 Å². The Morgan fingerprint density at radius 1 is 1.32 bits per heavy atom. The van der Waals surface area contributed by atoms with Gasteiger partial charge < -0.3 is 10.1 Å². The van der Waals surface area contributed by atoms with Crippen molar-refractivity contribution in [1.29, 1.82) is 0 Å². The van der Waals surface area contributed by atoms with Crippen LogP contribution in [0.2, 0.25) is 0 Å². The predicted molar refractivity (Wildman–Crippen MR) is 73.1 cm³/mol. The van der Waals surface area contributed by atoms with Crippen molar-refractivity contribution in [3.63, 3.8) is 0 Å². The lowest BCUT2D eigenvalue weighted by atomic mass is 10.1. The summed E-state index contributed by atoms with van der Waals surface area (Å²) in [4.78, 5) is 15.9. The van der Waals surface area contributed by atoms with E-state index in [0.29, 0.717) is 18.0 Å². The molecule has 0 aliphatic rings. The Balaban J connectivity index is 2.01. The van der Waals surface area contributed by atoms with Crippen molar-refractivity contribution >= 4 is 5.91 Å². The molecule has 0 aliphatic heterocycles. The van der Waals surface area contributed by atoms with Crippen molar-refractivity contribution in [2.75, 3.05) is 7.11 Å². The molecule has 1 heterocycles. The second-order valence-corrected chi connectivity index (χ2v) is 4.26. The summed E-state index contributed by atoms with van der Waals surface area (Å²) < 4.78 is 4.99. The number of ether oxygens (including phenoxy) is 1. The van der Waals surface area contributed by atoms with Gasteiger partial charge in [-0.2, -0.15) is 0 Å². The second kappa shape index (κ2) is 6.00. The molecule has 0 aliphatic carbocycles. The molecule has 0 saturated heterocycles. The van der Waals surface area contributed by atoms with Crippen molar-refractivity contribution in [3.05, 3.63) is 59.3 Å². The maximum Gasteiger partial charge on any atom is 0.251 e. The minimum absolute atomic E-state index is 0.137. The first-order chi connectivity index (χ1) is 9.19. The van der Waals surface area contributed by atoms with Gasteiger partial charge in [-0.05, 0) is 18.6 Å². The maximum atomic E-state index is 12.0. The number of nitrogens with one attached hydrogen (secondary N) is 1. The third-order valence-corrected chi connectivity index (χ3v) is 2.74. The van der Waals surface area contributed by atoms with E-state index >= 15 is 0 Å². The van der Waals surface area contributed by atoms with Crippen LogP contribution in [0.3, 0.4) is 0 Å². The molecule has 98 valence electrons. The molecule has 0 radical (unpaired) electrons. The lowest BCUT2D eigenvalue weighted by Crippen LogP contribution is -2.22. The van der Waals surface area contributed by atoms with Gasteiger partial charge in [-0.3, -0.25) is 4.79 Å². The topological polar surface area (TPSA) is 51.2 Å². The van der Waals surface area contributed by atoms with Gasteiger partial charge in [0.2, 0.25) is 5.88 Å². The third kappa shape index (κ3) is 3.55. The second-order valence-electron chi connectivity index (χ2n) is 4.26. The summed E-state index contributed by atoms with van der Waals surface area (Å²) >= 11 is 0. The summed E-state index contributed by atoms with van der Waals surface area (Å²) in [5, 5.41) is 2.87. The van der Waals surface area contributed by atoms with Crippen molar-refractivity contribution in [2.24, 2.45) is 0 Å². The highest BCUT2D eigenvalue weighted by molar-refractivity contribution is 5.94. The number of rotatable bonds is 4. The normalized spacial score (nSPS) is 10.0. The minimum Gasteiger partial charge on any atom is -0.481 e. The first-order valence-corrected chi connectivity index (χ1v) is 6.03. The molecule has 0 fully saturated rings. The molecule has 1 aromatic heterocycles. The van der Waals surface area contributed by atoms with Gasteiger partial charge in [-0.1, -0.05) is 29.8 Å². The average molecular weight is 256 g/mol. The molecule has 19 heavy (non-hydrogen) atoms. The summed E-state index contributed by atoms with van der Waals surface area (Å²) in [6.45, 7) is 2.53. The standard InChI is InChI=1S/C15H16N2O2/c1-11-4-3-5-12(8-11)10-17-15(18)13-6-7-16-14(9-13)19-2/h3-9H,10H2,1-2H3,(H,17,18). The Labute approximate surface area is 112 Å². The number of aromatic nitrogens is 1. The van der Waals surface area contributed by atoms with E-state index in [2.05, 4.69) is 10.3 Å². The van der Waals surface area contributed by atoms with E-state index in [1.54, 1.807) is 18.3 Å². The number of carbonyl (C=O) groups excluding carboxylic acids is 1. The molecule has 2 rings (SSSR count). The van der Waals surface area contributed by atoms with Gasteiger partial charge in [0.25, 0.3) is 5.91 Å². The van der Waals surface area contributed by atoms with Gasteiger partial charge in [-0.15, -0.1) is 0 Å². The van der Waals surface area contributed by atoms with Crippen LogP contribution in [0.15, 0.2) is 42.6 Å². The number of hydrogen-bond acceptors (Lipinski definition) is 3. The van der Waals surface area contributed by atoms with Crippen LogP contribution in [0, 0.1) is 6.92 Å². The van der Waals surface area contributed by atoms with Crippen LogP contribution in [0.5, 0.6) is 5.88 Å². The van der Waals surface area contributed by atoms with Gasteiger partial charge in [-0.25, -0.2) is 4.98 Å². The van der Waals surface area contributed by atoms with Crippen LogP contribution in [0.4, 0.5) is 0 Å². The Morgan fingerprint density at radius 2 is 2.16 bits per heavy atom. The van der Waals surface area contributed by atoms with E-state index < -0.39 is 0 Å². The number of carbonyl (C=O) groups is 1. The third-order valence-electron chi connectivity index (χ3n) is 2.74. The molecule has 1 aromatic carbocycles. The number of aryl methyl sites for hydroxylation is 1. The lowest BCUT2D eigenvalue weighted by molar-refractivity contribution is 0.0950. The minimum atomic E-state index is -0.137. The molecule has 4 heteroatoms. The molecule has 1 amide bonds. The number of nitrogens with zero attached hydrogens (tertiary/aromatic N) is 1. The van der Waals surface area contributed by atoms with E-state index in [4.69, 9.17) is 4.74 Å². The van der Waals surface area contributed by atoms with Crippen LogP contribution >= 0.6 is 0 Å². The van der Waals surface area contributed by atoms with Crippen molar-refractivity contribution in [2.45, 2.75) is 13.5 Å². The van der Waals surface area contributed by atoms with Crippen LogP contribution in [-0.4, -0.2) is 18.0 Å². The van der Waals surface area contributed by atoms with Crippen molar-refractivity contribution < 1.29 is 9.53 Å². The highest BCUT2D eigenvalue weighted by Gasteiger charge is 2.06. The smallest absolute Gasteiger partial charge is 0.251 e. The predicted octanol–water partition coefficient (Wildman–Crippen LogP) is 2.33. The Bertz CT molecular complexity index is 582. The van der Waals surface area contributed by atoms with Crippen molar-refractivity contribution in [1.82, 2.24) is 10.3 Å². The van der Waals surface area contributed by atoms with Crippen molar-refractivity contribution in [3.8, 4) is 5.88 Å². The SMILES string of the molecule is COc1cc(C(=O)NCc2cccc(C)c2)ccn1. The highest BCUT2D eigenvalue weighted by atomic mass is 16.5. The largest absolute Gasteiger partial charge is 0.481 e. The quantitative estimate of drug-likeness (QED) is 0.913. The fourth-order valence-corrected chi connectivity index (χ4v) is 1.77. The molecule has 0 spiro atoms. The number of pyridine rings is 1. The van der Waals surface area contributed by atoms with Crippen LogP contribution in [0.25, 0.3) is 0 Å². The maximum absolute atomic E-state index is 12.0. The summed E-state index contributed by atoms with van der Waals surface area (Å²) in [5.41, 5.74) is 2.80. The van der Waals surface area contributed by atoms with Gasteiger partial charge >= 0.3 is 0 Å². The first kappa shape index (κ1) is 13.1. The molecule has 0 unspecified atom stereocenters. The zero-order valence-corrected chi connectivity index (χ0v) is 11.0. The number of hydrogen-bond donors (Lipinski definition) is 1. The van der Waals surface area contributed by atoms with E-state index in [9.17, 15) is 4.79 Å². The van der Waals surface area contributed by atoms with Crippen LogP contribution in [-0.2, 0) is 6.54 Å². The zero-order chi connectivity index (χ0) is 13.7. The average Bonchev–Trinajstić information content (AvgIpc) is 2.45. The zero-order valence-electron chi connectivity index (χ0n) is 11.0. The fourth-order valence-electron chi connectivity index (χ4n) is 1.77. The monoisotopic (exact) mass is 256 g/mol. The number of benzene rings is 1. The molecule has 4 nitrogen and oxygen atoms in total. The highest BCUT2D eigenvalue weighted by Crippen LogP contribution is 2.09. The van der Waals surface area contributed by atoms with Gasteiger partial charge in [0.05, 0.1) is 7.11 Å².